The van der Waals surface area contributed by atoms with Crippen molar-refractivity contribution in [3.8, 4) is 5.75 Å². The van der Waals surface area contributed by atoms with E-state index in [9.17, 15) is 5.11 Å². The van der Waals surface area contributed by atoms with E-state index in [-0.39, 0.29) is 0 Å². The molecule has 0 amide bonds. The van der Waals surface area contributed by atoms with Gasteiger partial charge in [0.15, 0.2) is 0 Å². The number of aromatic hydroxyl groups is 1. The maximum Gasteiger partial charge on any atom is 0.120 e. The van der Waals surface area contributed by atoms with Crippen molar-refractivity contribution in [2.24, 2.45) is 0 Å². The smallest absolute Gasteiger partial charge is 0.120 e. The molecule has 110 valence electrons. The number of piperidine rings is 1. The van der Waals surface area contributed by atoms with Crippen molar-refractivity contribution in [3.63, 3.8) is 0 Å². The van der Waals surface area contributed by atoms with Crippen LogP contribution < -0.4 is 0 Å². The van der Waals surface area contributed by atoms with Crippen LogP contribution in [0, 0.1) is 6.92 Å². The molecule has 0 spiro atoms. The van der Waals surface area contributed by atoms with Gasteiger partial charge in [0.05, 0.1) is 0 Å². The molecular weight excluding hydrogens is 248 g/mol. The van der Waals surface area contributed by atoms with Crippen LogP contribution in [0.5, 0.6) is 5.75 Å². The van der Waals surface area contributed by atoms with Gasteiger partial charge in [0.2, 0.25) is 0 Å². The summed E-state index contributed by atoms with van der Waals surface area (Å²) in [6.07, 6.45) is 4.07. The first-order valence-electron chi connectivity index (χ1n) is 7.90. The van der Waals surface area contributed by atoms with Crippen LogP contribution in [0.2, 0.25) is 0 Å². The summed E-state index contributed by atoms with van der Waals surface area (Å²) in [5, 5.41) is 10.0. The van der Waals surface area contributed by atoms with E-state index in [1.807, 2.05) is 12.1 Å². The second kappa shape index (κ2) is 5.74. The summed E-state index contributed by atoms with van der Waals surface area (Å²) >= 11 is 0. The lowest BCUT2D eigenvalue weighted by Crippen LogP contribution is -2.58. The summed E-state index contributed by atoms with van der Waals surface area (Å²) in [6.45, 7) is 8.88. The first-order chi connectivity index (χ1) is 9.63. The number of aryl methyl sites for hydroxylation is 1. The number of benzene rings is 1. The fourth-order valence-electron chi connectivity index (χ4n) is 3.69. The number of piperazine rings is 1. The van der Waals surface area contributed by atoms with E-state index in [0.717, 1.165) is 24.7 Å². The van der Waals surface area contributed by atoms with Gasteiger partial charge in [0, 0.05) is 37.3 Å². The lowest BCUT2D eigenvalue weighted by molar-refractivity contribution is 0.0108. The highest BCUT2D eigenvalue weighted by Gasteiger charge is 2.32. The Kier molecular flexibility index (Phi) is 3.99. The largest absolute Gasteiger partial charge is 0.508 e. The SMILES string of the molecule is Cc1ccc(O)c(CN2CC3CCCCN3CC2C)c1. The minimum atomic E-state index is 0.439. The van der Waals surface area contributed by atoms with Crippen molar-refractivity contribution >= 4 is 0 Å². The molecule has 2 saturated heterocycles. The molecule has 3 rings (SSSR count). The molecule has 3 heteroatoms. The Balaban J connectivity index is 1.71. The summed E-state index contributed by atoms with van der Waals surface area (Å²) in [5.74, 6) is 0.439. The maximum absolute atomic E-state index is 10.0. The summed E-state index contributed by atoms with van der Waals surface area (Å²) in [6, 6.07) is 7.22. The summed E-state index contributed by atoms with van der Waals surface area (Å²) < 4.78 is 0. The van der Waals surface area contributed by atoms with Crippen molar-refractivity contribution in [2.45, 2.75) is 51.7 Å². The van der Waals surface area contributed by atoms with Crippen molar-refractivity contribution in [2.75, 3.05) is 19.6 Å². The number of phenolic OH excluding ortho intramolecular Hbond substituents is 1. The summed E-state index contributed by atoms with van der Waals surface area (Å²) in [4.78, 5) is 5.21. The van der Waals surface area contributed by atoms with Gasteiger partial charge in [-0.1, -0.05) is 24.1 Å². The molecule has 0 aliphatic carbocycles. The highest BCUT2D eigenvalue weighted by Crippen LogP contribution is 2.27. The van der Waals surface area contributed by atoms with Gasteiger partial charge in [0.25, 0.3) is 0 Å². The molecule has 1 aromatic rings. The van der Waals surface area contributed by atoms with Crippen molar-refractivity contribution in [1.82, 2.24) is 9.80 Å². The highest BCUT2D eigenvalue weighted by molar-refractivity contribution is 5.35. The van der Waals surface area contributed by atoms with Crippen LogP contribution in [-0.2, 0) is 6.54 Å². The van der Waals surface area contributed by atoms with Gasteiger partial charge >= 0.3 is 0 Å². The predicted octanol–water partition coefficient (Wildman–Crippen LogP) is 2.76. The molecule has 2 fully saturated rings. The molecule has 1 N–H and O–H groups in total. The summed E-state index contributed by atoms with van der Waals surface area (Å²) in [5.41, 5.74) is 2.29. The van der Waals surface area contributed by atoms with E-state index in [0.29, 0.717) is 11.8 Å². The Hall–Kier alpha value is -1.06. The molecule has 3 nitrogen and oxygen atoms in total. The minimum Gasteiger partial charge on any atom is -0.508 e. The van der Waals surface area contributed by atoms with Gasteiger partial charge < -0.3 is 5.11 Å². The summed E-state index contributed by atoms with van der Waals surface area (Å²) in [7, 11) is 0. The van der Waals surface area contributed by atoms with E-state index < -0.39 is 0 Å². The molecule has 20 heavy (non-hydrogen) atoms. The van der Waals surface area contributed by atoms with Gasteiger partial charge in [-0.2, -0.15) is 0 Å². The predicted molar refractivity (Wildman–Crippen MR) is 81.9 cm³/mol. The zero-order valence-corrected chi connectivity index (χ0v) is 12.7. The van der Waals surface area contributed by atoms with Crippen LogP contribution in [-0.4, -0.2) is 46.6 Å². The van der Waals surface area contributed by atoms with Crippen molar-refractivity contribution in [1.29, 1.82) is 0 Å². The lowest BCUT2D eigenvalue weighted by Gasteiger charge is -2.47. The van der Waals surface area contributed by atoms with Crippen LogP contribution in [0.15, 0.2) is 18.2 Å². The van der Waals surface area contributed by atoms with Gasteiger partial charge in [-0.05, 0) is 39.3 Å². The molecule has 0 bridgehead atoms. The van der Waals surface area contributed by atoms with Crippen LogP contribution in [0.4, 0.5) is 0 Å². The third kappa shape index (κ3) is 2.84. The number of phenols is 1. The van der Waals surface area contributed by atoms with Crippen LogP contribution in [0.3, 0.4) is 0 Å². The van der Waals surface area contributed by atoms with E-state index in [4.69, 9.17) is 0 Å². The minimum absolute atomic E-state index is 0.439. The van der Waals surface area contributed by atoms with Crippen LogP contribution in [0.25, 0.3) is 0 Å². The first-order valence-corrected chi connectivity index (χ1v) is 7.90. The third-order valence-corrected chi connectivity index (χ3v) is 4.92. The van der Waals surface area contributed by atoms with Crippen LogP contribution in [0.1, 0.15) is 37.3 Å². The Morgan fingerprint density at radius 3 is 2.95 bits per heavy atom. The molecule has 2 aliphatic heterocycles. The number of fused-ring (bicyclic) bond motifs is 1. The molecule has 2 atom stereocenters. The zero-order valence-electron chi connectivity index (χ0n) is 12.7. The first kappa shape index (κ1) is 13.9. The fraction of sp³-hybridized carbons (Fsp3) is 0.647. The van der Waals surface area contributed by atoms with Gasteiger partial charge in [-0.3, -0.25) is 9.80 Å². The molecule has 2 aliphatic rings. The van der Waals surface area contributed by atoms with E-state index in [1.54, 1.807) is 0 Å². The molecule has 0 saturated carbocycles. The molecule has 2 heterocycles. The molecule has 1 aromatic carbocycles. The molecule has 0 radical (unpaired) electrons. The molecular formula is C17H26N2O. The average molecular weight is 274 g/mol. The van der Waals surface area contributed by atoms with Crippen molar-refractivity contribution in [3.05, 3.63) is 29.3 Å². The topological polar surface area (TPSA) is 26.7 Å². The molecule has 2 unspecified atom stereocenters. The third-order valence-electron chi connectivity index (χ3n) is 4.92. The highest BCUT2D eigenvalue weighted by atomic mass is 16.3. The number of nitrogens with zero attached hydrogens (tertiary/aromatic N) is 2. The fourth-order valence-corrected chi connectivity index (χ4v) is 3.69. The van der Waals surface area contributed by atoms with E-state index in [2.05, 4.69) is 29.7 Å². The second-order valence-corrected chi connectivity index (χ2v) is 6.56. The monoisotopic (exact) mass is 274 g/mol. The van der Waals surface area contributed by atoms with Gasteiger partial charge in [0.1, 0.15) is 5.75 Å². The number of rotatable bonds is 2. The Bertz CT molecular complexity index is 474. The Morgan fingerprint density at radius 1 is 1.25 bits per heavy atom. The quantitative estimate of drug-likeness (QED) is 0.898. The normalized spacial score (nSPS) is 28.3. The number of hydrogen-bond donors (Lipinski definition) is 1. The number of hydrogen-bond acceptors (Lipinski definition) is 3. The second-order valence-electron chi connectivity index (χ2n) is 6.56. The maximum atomic E-state index is 10.0. The van der Waals surface area contributed by atoms with Crippen molar-refractivity contribution < 1.29 is 5.11 Å². The van der Waals surface area contributed by atoms with Crippen LogP contribution >= 0.6 is 0 Å². The lowest BCUT2D eigenvalue weighted by atomic mass is 9.96. The van der Waals surface area contributed by atoms with Gasteiger partial charge in [-0.25, -0.2) is 0 Å². The zero-order chi connectivity index (χ0) is 14.1. The standard InChI is InChI=1S/C17H26N2O/c1-13-6-7-17(20)15(9-13)11-19-12-16-5-3-4-8-18(16)10-14(19)2/h6-7,9,14,16,20H,3-5,8,10-12H2,1-2H3. The Morgan fingerprint density at radius 2 is 2.10 bits per heavy atom. The van der Waals surface area contributed by atoms with E-state index >= 15 is 0 Å². The molecule has 0 aromatic heterocycles. The van der Waals surface area contributed by atoms with Gasteiger partial charge in [-0.15, -0.1) is 0 Å². The Labute approximate surface area is 122 Å². The average Bonchev–Trinajstić information content (AvgIpc) is 2.43. The van der Waals surface area contributed by atoms with E-state index in [1.165, 1.54) is 37.9 Å².